The molecule has 1 aliphatic rings. The first-order valence-corrected chi connectivity index (χ1v) is 6.27. The molecule has 0 aromatic heterocycles. The SMILES string of the molecule is CCOCCCN(C)C1CCCC1CN. The molecular weight excluding hydrogens is 188 g/mol. The monoisotopic (exact) mass is 214 g/mol. The van der Waals surface area contributed by atoms with Crippen molar-refractivity contribution in [3.05, 3.63) is 0 Å². The van der Waals surface area contributed by atoms with Gasteiger partial charge in [-0.3, -0.25) is 0 Å². The van der Waals surface area contributed by atoms with E-state index in [4.69, 9.17) is 10.5 Å². The van der Waals surface area contributed by atoms with Crippen molar-refractivity contribution in [1.82, 2.24) is 4.90 Å². The van der Waals surface area contributed by atoms with Crippen LogP contribution in [0.15, 0.2) is 0 Å². The Balaban J connectivity index is 2.17. The Bertz CT molecular complexity index is 164. The number of hydrogen-bond acceptors (Lipinski definition) is 3. The van der Waals surface area contributed by atoms with E-state index in [2.05, 4.69) is 11.9 Å². The Morgan fingerprint density at radius 2 is 2.20 bits per heavy atom. The van der Waals surface area contributed by atoms with Crippen LogP contribution in [-0.4, -0.2) is 44.3 Å². The maximum atomic E-state index is 5.79. The molecule has 1 fully saturated rings. The van der Waals surface area contributed by atoms with Crippen molar-refractivity contribution in [3.63, 3.8) is 0 Å². The van der Waals surface area contributed by atoms with Crippen molar-refractivity contribution in [3.8, 4) is 0 Å². The molecular formula is C12H26N2O. The molecule has 1 rings (SSSR count). The van der Waals surface area contributed by atoms with E-state index in [0.717, 1.165) is 44.7 Å². The van der Waals surface area contributed by atoms with Gasteiger partial charge < -0.3 is 15.4 Å². The lowest BCUT2D eigenvalue weighted by molar-refractivity contribution is 0.123. The van der Waals surface area contributed by atoms with Crippen LogP contribution in [-0.2, 0) is 4.74 Å². The highest BCUT2D eigenvalue weighted by Gasteiger charge is 2.28. The third-order valence-electron chi connectivity index (χ3n) is 3.49. The fourth-order valence-corrected chi connectivity index (χ4v) is 2.60. The number of nitrogens with two attached hydrogens (primary N) is 1. The molecule has 3 heteroatoms. The number of ether oxygens (including phenoxy) is 1. The van der Waals surface area contributed by atoms with E-state index in [1.807, 2.05) is 6.92 Å². The third kappa shape index (κ3) is 4.09. The summed E-state index contributed by atoms with van der Waals surface area (Å²) in [6.07, 6.45) is 5.13. The topological polar surface area (TPSA) is 38.5 Å². The molecule has 0 aromatic rings. The second kappa shape index (κ2) is 7.20. The summed E-state index contributed by atoms with van der Waals surface area (Å²) in [7, 11) is 2.23. The summed E-state index contributed by atoms with van der Waals surface area (Å²) in [5, 5.41) is 0. The third-order valence-corrected chi connectivity index (χ3v) is 3.49. The molecule has 0 spiro atoms. The first-order chi connectivity index (χ1) is 7.29. The molecule has 15 heavy (non-hydrogen) atoms. The van der Waals surface area contributed by atoms with Gasteiger partial charge in [0.1, 0.15) is 0 Å². The summed E-state index contributed by atoms with van der Waals surface area (Å²) in [4.78, 5) is 2.48. The Morgan fingerprint density at radius 1 is 1.40 bits per heavy atom. The van der Waals surface area contributed by atoms with Crippen LogP contribution in [0.25, 0.3) is 0 Å². The van der Waals surface area contributed by atoms with Gasteiger partial charge >= 0.3 is 0 Å². The van der Waals surface area contributed by atoms with E-state index in [0.29, 0.717) is 0 Å². The fraction of sp³-hybridized carbons (Fsp3) is 1.00. The minimum absolute atomic E-state index is 0.719. The summed E-state index contributed by atoms with van der Waals surface area (Å²) in [6.45, 7) is 5.76. The average Bonchev–Trinajstić information content (AvgIpc) is 2.72. The van der Waals surface area contributed by atoms with Gasteiger partial charge in [-0.1, -0.05) is 6.42 Å². The first-order valence-electron chi connectivity index (χ1n) is 6.27. The summed E-state index contributed by atoms with van der Waals surface area (Å²) < 4.78 is 5.35. The standard InChI is InChI=1S/C12H26N2O/c1-3-15-9-5-8-14(2)12-7-4-6-11(12)10-13/h11-12H,3-10,13H2,1-2H3. The number of rotatable bonds is 7. The lowest BCUT2D eigenvalue weighted by Crippen LogP contribution is -2.38. The van der Waals surface area contributed by atoms with Gasteiger partial charge in [0.25, 0.3) is 0 Å². The van der Waals surface area contributed by atoms with Gasteiger partial charge in [-0.25, -0.2) is 0 Å². The van der Waals surface area contributed by atoms with Crippen molar-refractivity contribution in [2.45, 2.75) is 38.6 Å². The molecule has 2 atom stereocenters. The smallest absolute Gasteiger partial charge is 0.0478 e. The Kier molecular flexibility index (Phi) is 6.22. The summed E-state index contributed by atoms with van der Waals surface area (Å²) >= 11 is 0. The average molecular weight is 214 g/mol. The largest absolute Gasteiger partial charge is 0.382 e. The van der Waals surface area contributed by atoms with Crippen LogP contribution in [0.4, 0.5) is 0 Å². The molecule has 0 amide bonds. The van der Waals surface area contributed by atoms with Crippen LogP contribution in [0.5, 0.6) is 0 Å². The predicted molar refractivity (Wildman–Crippen MR) is 63.9 cm³/mol. The lowest BCUT2D eigenvalue weighted by atomic mass is 10.0. The van der Waals surface area contributed by atoms with Crippen LogP contribution >= 0.6 is 0 Å². The molecule has 0 bridgehead atoms. The van der Waals surface area contributed by atoms with Crippen molar-refractivity contribution in [2.24, 2.45) is 11.7 Å². The van der Waals surface area contributed by atoms with Gasteiger partial charge in [0, 0.05) is 25.8 Å². The zero-order valence-corrected chi connectivity index (χ0v) is 10.2. The van der Waals surface area contributed by atoms with E-state index in [-0.39, 0.29) is 0 Å². The highest BCUT2D eigenvalue weighted by Crippen LogP contribution is 2.28. The number of hydrogen-bond donors (Lipinski definition) is 1. The van der Waals surface area contributed by atoms with E-state index in [9.17, 15) is 0 Å². The lowest BCUT2D eigenvalue weighted by Gasteiger charge is -2.28. The normalized spacial score (nSPS) is 26.4. The van der Waals surface area contributed by atoms with Gasteiger partial charge in [0.2, 0.25) is 0 Å². The molecule has 1 saturated carbocycles. The van der Waals surface area contributed by atoms with Gasteiger partial charge in [-0.05, 0) is 45.7 Å². The molecule has 3 nitrogen and oxygen atoms in total. The van der Waals surface area contributed by atoms with Crippen LogP contribution in [0.1, 0.15) is 32.6 Å². The van der Waals surface area contributed by atoms with Crippen molar-refractivity contribution in [2.75, 3.05) is 33.4 Å². The molecule has 0 heterocycles. The molecule has 2 N–H and O–H groups in total. The minimum atomic E-state index is 0.719. The highest BCUT2D eigenvalue weighted by atomic mass is 16.5. The van der Waals surface area contributed by atoms with Crippen LogP contribution in [0, 0.1) is 5.92 Å². The zero-order chi connectivity index (χ0) is 11.1. The van der Waals surface area contributed by atoms with Gasteiger partial charge in [-0.2, -0.15) is 0 Å². The van der Waals surface area contributed by atoms with Crippen LogP contribution in [0.2, 0.25) is 0 Å². The van der Waals surface area contributed by atoms with Gasteiger partial charge in [0.15, 0.2) is 0 Å². The summed E-state index contributed by atoms with van der Waals surface area (Å²) in [5.41, 5.74) is 5.79. The van der Waals surface area contributed by atoms with E-state index in [1.54, 1.807) is 0 Å². The fourth-order valence-electron chi connectivity index (χ4n) is 2.60. The summed E-state index contributed by atoms with van der Waals surface area (Å²) in [6, 6.07) is 0.719. The molecule has 90 valence electrons. The maximum Gasteiger partial charge on any atom is 0.0478 e. The van der Waals surface area contributed by atoms with Crippen molar-refractivity contribution < 1.29 is 4.74 Å². The summed E-state index contributed by atoms with van der Waals surface area (Å²) in [5.74, 6) is 0.724. The Labute approximate surface area is 94.0 Å². The Hall–Kier alpha value is -0.120. The van der Waals surface area contributed by atoms with Crippen molar-refractivity contribution >= 4 is 0 Å². The minimum Gasteiger partial charge on any atom is -0.382 e. The second-order valence-corrected chi connectivity index (χ2v) is 4.53. The van der Waals surface area contributed by atoms with Gasteiger partial charge in [0.05, 0.1) is 0 Å². The quantitative estimate of drug-likeness (QED) is 0.652. The highest BCUT2D eigenvalue weighted by molar-refractivity contribution is 4.84. The maximum absolute atomic E-state index is 5.79. The second-order valence-electron chi connectivity index (χ2n) is 4.53. The molecule has 0 radical (unpaired) electrons. The van der Waals surface area contributed by atoms with Crippen LogP contribution < -0.4 is 5.73 Å². The first kappa shape index (κ1) is 12.9. The van der Waals surface area contributed by atoms with Gasteiger partial charge in [-0.15, -0.1) is 0 Å². The van der Waals surface area contributed by atoms with E-state index < -0.39 is 0 Å². The van der Waals surface area contributed by atoms with Crippen molar-refractivity contribution in [1.29, 1.82) is 0 Å². The number of nitrogens with zero attached hydrogens (tertiary/aromatic N) is 1. The zero-order valence-electron chi connectivity index (χ0n) is 10.2. The molecule has 0 saturated heterocycles. The molecule has 2 unspecified atom stereocenters. The molecule has 0 aromatic carbocycles. The van der Waals surface area contributed by atoms with E-state index in [1.165, 1.54) is 19.3 Å². The van der Waals surface area contributed by atoms with E-state index >= 15 is 0 Å². The molecule has 1 aliphatic carbocycles. The predicted octanol–water partition coefficient (Wildman–Crippen LogP) is 1.47. The van der Waals surface area contributed by atoms with Crippen LogP contribution in [0.3, 0.4) is 0 Å². The molecule has 0 aliphatic heterocycles. The Morgan fingerprint density at radius 3 is 2.87 bits per heavy atom.